The molecule has 0 radical (unpaired) electrons. The molecule has 0 saturated heterocycles. The Kier molecular flexibility index (Phi) is 6.69. The Hall–Kier alpha value is -2.16. The third kappa shape index (κ3) is 6.47. The van der Waals surface area contributed by atoms with E-state index < -0.39 is 37.3 Å². The number of alkyl halides is 2. The van der Waals surface area contributed by atoms with Crippen LogP contribution in [0.5, 0.6) is 5.75 Å². The highest BCUT2D eigenvalue weighted by Gasteiger charge is 2.39. The van der Waals surface area contributed by atoms with Gasteiger partial charge in [0.15, 0.2) is 0 Å². The van der Waals surface area contributed by atoms with Crippen molar-refractivity contribution in [2.75, 3.05) is 6.61 Å². The van der Waals surface area contributed by atoms with E-state index in [9.17, 15) is 23.4 Å². The van der Waals surface area contributed by atoms with Gasteiger partial charge in [0.05, 0.1) is 19.0 Å². The minimum atomic E-state index is -3.15. The van der Waals surface area contributed by atoms with E-state index in [2.05, 4.69) is 5.32 Å². The minimum absolute atomic E-state index is 0.0177. The molecule has 0 spiro atoms. The van der Waals surface area contributed by atoms with E-state index in [4.69, 9.17) is 9.39 Å². The van der Waals surface area contributed by atoms with Crippen LogP contribution >= 0.6 is 0 Å². The van der Waals surface area contributed by atoms with Crippen molar-refractivity contribution in [3.63, 3.8) is 0 Å². The van der Waals surface area contributed by atoms with Crippen molar-refractivity contribution in [1.82, 2.24) is 5.32 Å². The van der Waals surface area contributed by atoms with E-state index in [1.165, 1.54) is 6.07 Å². The number of ether oxygens (including phenoxy) is 1. The smallest absolute Gasteiger partial charge is 0.534 e. The third-order valence-corrected chi connectivity index (χ3v) is 4.24. The van der Waals surface area contributed by atoms with Gasteiger partial charge in [0.1, 0.15) is 11.3 Å². The van der Waals surface area contributed by atoms with Gasteiger partial charge in [-0.1, -0.05) is 32.9 Å². The number of rotatable bonds is 6. The molecule has 2 N–H and O–H groups in total. The summed E-state index contributed by atoms with van der Waals surface area (Å²) in [6.07, 6.45) is -0.155. The number of hydrogen-bond acceptors (Lipinski definition) is 5. The molecule has 28 heavy (non-hydrogen) atoms. The minimum Gasteiger partial charge on any atom is -0.534 e. The zero-order chi connectivity index (χ0) is 21.1. The molecule has 0 saturated carbocycles. The molecule has 154 valence electrons. The molecule has 0 bridgehead atoms. The fourth-order valence-electron chi connectivity index (χ4n) is 2.78. The first-order valence-corrected chi connectivity index (χ1v) is 9.17. The van der Waals surface area contributed by atoms with Crippen molar-refractivity contribution in [3.8, 4) is 5.75 Å². The standard InChI is InChI=1S/C19H26BF2NO5/c1-18(2,3)8-9-27-17(25)13-7-5-6-12-10-14(20(26)28-16(12)13)23-15(24)11-19(4,21)22/h5-7,14,26H,8-11H2,1-4H3,(H,23,24)/t14-/m0/s1. The van der Waals surface area contributed by atoms with Crippen molar-refractivity contribution in [2.45, 2.75) is 58.8 Å². The number of nitrogens with one attached hydrogen (secondary N) is 1. The molecule has 1 aromatic rings. The van der Waals surface area contributed by atoms with Crippen LogP contribution in [0.25, 0.3) is 0 Å². The maximum Gasteiger partial charge on any atom is 0.547 e. The maximum absolute atomic E-state index is 13.0. The average molecular weight is 397 g/mol. The van der Waals surface area contributed by atoms with Gasteiger partial charge >= 0.3 is 13.1 Å². The molecule has 1 aliphatic rings. The topological polar surface area (TPSA) is 84.9 Å². The summed E-state index contributed by atoms with van der Waals surface area (Å²) < 4.78 is 36.7. The number of amides is 1. The van der Waals surface area contributed by atoms with Gasteiger partial charge in [0, 0.05) is 0 Å². The van der Waals surface area contributed by atoms with Crippen molar-refractivity contribution in [3.05, 3.63) is 29.3 Å². The Morgan fingerprint density at radius 2 is 2.00 bits per heavy atom. The second kappa shape index (κ2) is 8.47. The number of esters is 1. The molecule has 6 nitrogen and oxygen atoms in total. The van der Waals surface area contributed by atoms with Gasteiger partial charge in [0.25, 0.3) is 5.92 Å². The van der Waals surface area contributed by atoms with Crippen LogP contribution in [0.15, 0.2) is 18.2 Å². The predicted molar refractivity (Wildman–Crippen MR) is 100 cm³/mol. The average Bonchev–Trinajstić information content (AvgIpc) is 2.52. The highest BCUT2D eigenvalue weighted by Crippen LogP contribution is 2.31. The number of carbonyl (C=O) groups excluding carboxylic acids is 2. The Morgan fingerprint density at radius 1 is 1.32 bits per heavy atom. The number of benzene rings is 1. The summed E-state index contributed by atoms with van der Waals surface area (Å²) in [4.78, 5) is 24.1. The molecule has 0 aliphatic carbocycles. The number of fused-ring (bicyclic) bond motifs is 1. The molecular formula is C19H26BF2NO5. The highest BCUT2D eigenvalue weighted by molar-refractivity contribution is 6.47. The van der Waals surface area contributed by atoms with Gasteiger partial charge in [-0.15, -0.1) is 0 Å². The van der Waals surface area contributed by atoms with Crippen LogP contribution in [0, 0.1) is 5.41 Å². The molecule has 0 fully saturated rings. The van der Waals surface area contributed by atoms with Crippen molar-refractivity contribution in [2.24, 2.45) is 5.41 Å². The van der Waals surface area contributed by atoms with Gasteiger partial charge < -0.3 is 19.7 Å². The Balaban J connectivity index is 2.07. The summed E-state index contributed by atoms with van der Waals surface area (Å²) >= 11 is 0. The number of halogens is 2. The van der Waals surface area contributed by atoms with Crippen LogP contribution in [0.1, 0.15) is 56.5 Å². The highest BCUT2D eigenvalue weighted by atomic mass is 19.3. The Labute approximate surface area is 163 Å². The van der Waals surface area contributed by atoms with Crippen LogP contribution in [0.4, 0.5) is 8.78 Å². The fourth-order valence-corrected chi connectivity index (χ4v) is 2.78. The van der Waals surface area contributed by atoms with Crippen LogP contribution in [-0.4, -0.2) is 42.5 Å². The summed E-state index contributed by atoms with van der Waals surface area (Å²) in [6, 6.07) is 4.85. The summed E-state index contributed by atoms with van der Waals surface area (Å²) in [6.45, 7) is 7.00. The number of para-hydroxylation sites is 1. The summed E-state index contributed by atoms with van der Waals surface area (Å²) in [5.41, 5.74) is 0.767. The zero-order valence-electron chi connectivity index (χ0n) is 16.6. The van der Waals surface area contributed by atoms with E-state index in [1.54, 1.807) is 12.1 Å². The lowest BCUT2D eigenvalue weighted by Crippen LogP contribution is -2.53. The summed E-state index contributed by atoms with van der Waals surface area (Å²) in [5, 5.41) is 12.5. The molecule has 1 amide bonds. The number of hydrogen-bond donors (Lipinski definition) is 2. The molecule has 1 atom stereocenters. The van der Waals surface area contributed by atoms with Crippen molar-refractivity contribution >= 4 is 19.0 Å². The van der Waals surface area contributed by atoms with Crippen molar-refractivity contribution < 1.29 is 32.8 Å². The zero-order valence-corrected chi connectivity index (χ0v) is 16.6. The van der Waals surface area contributed by atoms with Crippen LogP contribution < -0.4 is 9.97 Å². The molecule has 1 aliphatic heterocycles. The largest absolute Gasteiger partial charge is 0.547 e. The number of carbonyl (C=O) groups is 2. The van der Waals surface area contributed by atoms with Gasteiger partial charge in [-0.2, -0.15) is 0 Å². The van der Waals surface area contributed by atoms with E-state index in [-0.39, 0.29) is 29.8 Å². The lowest BCUT2D eigenvalue weighted by Gasteiger charge is -2.29. The van der Waals surface area contributed by atoms with Crippen molar-refractivity contribution in [1.29, 1.82) is 0 Å². The Morgan fingerprint density at radius 3 is 2.61 bits per heavy atom. The first-order valence-electron chi connectivity index (χ1n) is 9.17. The third-order valence-electron chi connectivity index (χ3n) is 4.24. The molecule has 0 aromatic heterocycles. The normalized spacial score (nSPS) is 16.8. The second-order valence-electron chi connectivity index (χ2n) is 8.37. The quantitative estimate of drug-likeness (QED) is 0.570. The van der Waals surface area contributed by atoms with Gasteiger partial charge in [-0.3, -0.25) is 4.79 Å². The fraction of sp³-hybridized carbons (Fsp3) is 0.579. The molecule has 1 heterocycles. The van der Waals surface area contributed by atoms with Gasteiger partial charge in [-0.25, -0.2) is 13.6 Å². The SMILES string of the molecule is CC(C)(C)CCOC(=O)c1cccc2c1OB(O)[C@@H](NC(=O)CC(C)(F)F)C2. The van der Waals surface area contributed by atoms with Gasteiger partial charge in [0.2, 0.25) is 5.91 Å². The molecule has 9 heteroatoms. The first-order chi connectivity index (χ1) is 12.9. The van der Waals surface area contributed by atoms with Crippen LogP contribution in [-0.2, 0) is 16.0 Å². The molecule has 0 unspecified atom stereocenters. The van der Waals surface area contributed by atoms with Crippen LogP contribution in [0.2, 0.25) is 0 Å². The second-order valence-corrected chi connectivity index (χ2v) is 8.37. The predicted octanol–water partition coefficient (Wildman–Crippen LogP) is 2.76. The lowest BCUT2D eigenvalue weighted by atomic mass is 9.72. The van der Waals surface area contributed by atoms with E-state index in [0.29, 0.717) is 18.9 Å². The van der Waals surface area contributed by atoms with Gasteiger partial charge in [-0.05, 0) is 36.8 Å². The maximum atomic E-state index is 13.0. The lowest BCUT2D eigenvalue weighted by molar-refractivity contribution is -0.127. The monoisotopic (exact) mass is 397 g/mol. The first kappa shape index (κ1) is 22.1. The van der Waals surface area contributed by atoms with E-state index in [0.717, 1.165) is 0 Å². The van der Waals surface area contributed by atoms with E-state index in [1.807, 2.05) is 20.8 Å². The molecule has 1 aromatic carbocycles. The van der Waals surface area contributed by atoms with Crippen LogP contribution in [0.3, 0.4) is 0 Å². The summed E-state index contributed by atoms with van der Waals surface area (Å²) in [7, 11) is -1.47. The molecule has 2 rings (SSSR count). The molecular weight excluding hydrogens is 371 g/mol. The Bertz CT molecular complexity index is 730. The van der Waals surface area contributed by atoms with E-state index >= 15 is 0 Å². The summed E-state index contributed by atoms with van der Waals surface area (Å²) in [5.74, 6) is -5.31.